The SMILES string of the molecule is COc1ccc(-c2nc3nc(CNc4cc(Cl)ccc4C)cc(=O)n3[nH]2)cc1. The number of nitrogens with zero attached hydrogens (tertiary/aromatic N) is 3. The molecule has 142 valence electrons. The van der Waals surface area contributed by atoms with E-state index in [0.717, 1.165) is 22.6 Å². The minimum Gasteiger partial charge on any atom is -0.497 e. The van der Waals surface area contributed by atoms with Gasteiger partial charge in [0.25, 0.3) is 11.3 Å². The van der Waals surface area contributed by atoms with Crippen LogP contribution in [0, 0.1) is 6.92 Å². The average molecular weight is 396 g/mol. The summed E-state index contributed by atoms with van der Waals surface area (Å²) in [7, 11) is 1.61. The number of nitrogens with one attached hydrogen (secondary N) is 2. The Bertz CT molecular complexity index is 1200. The van der Waals surface area contributed by atoms with E-state index < -0.39 is 0 Å². The number of aromatic amines is 1. The van der Waals surface area contributed by atoms with E-state index in [9.17, 15) is 4.79 Å². The summed E-state index contributed by atoms with van der Waals surface area (Å²) in [6.07, 6.45) is 0. The molecule has 7 nitrogen and oxygen atoms in total. The topological polar surface area (TPSA) is 84.3 Å². The summed E-state index contributed by atoms with van der Waals surface area (Å²) in [5.41, 5.74) is 3.16. The van der Waals surface area contributed by atoms with Crippen molar-refractivity contribution in [3.8, 4) is 17.1 Å². The summed E-state index contributed by atoms with van der Waals surface area (Å²) in [4.78, 5) is 21.4. The molecule has 0 aliphatic carbocycles. The third kappa shape index (κ3) is 3.57. The fourth-order valence-corrected chi connectivity index (χ4v) is 3.04. The smallest absolute Gasteiger partial charge is 0.274 e. The lowest BCUT2D eigenvalue weighted by atomic mass is 10.2. The van der Waals surface area contributed by atoms with Crippen molar-refractivity contribution < 1.29 is 4.74 Å². The van der Waals surface area contributed by atoms with Crippen molar-refractivity contribution in [2.45, 2.75) is 13.5 Å². The predicted molar refractivity (Wildman–Crippen MR) is 109 cm³/mol. The van der Waals surface area contributed by atoms with E-state index in [-0.39, 0.29) is 5.56 Å². The molecule has 0 atom stereocenters. The molecule has 0 unspecified atom stereocenters. The zero-order chi connectivity index (χ0) is 19.7. The van der Waals surface area contributed by atoms with E-state index >= 15 is 0 Å². The van der Waals surface area contributed by atoms with E-state index in [2.05, 4.69) is 20.4 Å². The molecule has 2 aromatic heterocycles. The summed E-state index contributed by atoms with van der Waals surface area (Å²) in [6.45, 7) is 2.37. The van der Waals surface area contributed by atoms with E-state index in [1.165, 1.54) is 10.6 Å². The third-order valence-corrected chi connectivity index (χ3v) is 4.64. The van der Waals surface area contributed by atoms with Gasteiger partial charge >= 0.3 is 0 Å². The lowest BCUT2D eigenvalue weighted by Gasteiger charge is -2.09. The van der Waals surface area contributed by atoms with Crippen LogP contribution in [0.25, 0.3) is 17.2 Å². The Morgan fingerprint density at radius 1 is 1.14 bits per heavy atom. The van der Waals surface area contributed by atoms with Crippen molar-refractivity contribution in [3.05, 3.63) is 75.2 Å². The van der Waals surface area contributed by atoms with Crippen molar-refractivity contribution in [1.29, 1.82) is 0 Å². The number of benzene rings is 2. The molecule has 0 spiro atoms. The highest BCUT2D eigenvalue weighted by atomic mass is 35.5. The van der Waals surface area contributed by atoms with Gasteiger partial charge in [-0.25, -0.2) is 4.98 Å². The number of aromatic nitrogens is 4. The normalized spacial score (nSPS) is 11.0. The number of fused-ring (bicyclic) bond motifs is 1. The van der Waals surface area contributed by atoms with Crippen LogP contribution < -0.4 is 15.6 Å². The molecule has 2 heterocycles. The Morgan fingerprint density at radius 2 is 1.93 bits per heavy atom. The van der Waals surface area contributed by atoms with E-state index in [1.54, 1.807) is 7.11 Å². The maximum Gasteiger partial charge on any atom is 0.274 e. The van der Waals surface area contributed by atoms with Gasteiger partial charge in [-0.05, 0) is 48.9 Å². The predicted octanol–water partition coefficient (Wildman–Crippen LogP) is 3.67. The highest BCUT2D eigenvalue weighted by Crippen LogP contribution is 2.21. The first kappa shape index (κ1) is 18.1. The zero-order valence-electron chi connectivity index (χ0n) is 15.4. The first-order valence-corrected chi connectivity index (χ1v) is 9.04. The number of hydrogen-bond donors (Lipinski definition) is 2. The Morgan fingerprint density at radius 3 is 2.68 bits per heavy atom. The van der Waals surface area contributed by atoms with Crippen LogP contribution in [0.1, 0.15) is 11.3 Å². The maximum atomic E-state index is 12.5. The Kier molecular flexibility index (Phi) is 4.75. The van der Waals surface area contributed by atoms with Crippen LogP contribution in [0.3, 0.4) is 0 Å². The molecule has 4 aromatic rings. The van der Waals surface area contributed by atoms with Crippen LogP contribution in [-0.4, -0.2) is 26.7 Å². The molecule has 2 aromatic carbocycles. The summed E-state index contributed by atoms with van der Waals surface area (Å²) in [6, 6.07) is 14.5. The quantitative estimate of drug-likeness (QED) is 0.538. The fourth-order valence-electron chi connectivity index (χ4n) is 2.87. The van der Waals surface area contributed by atoms with Crippen molar-refractivity contribution >= 4 is 23.1 Å². The summed E-state index contributed by atoms with van der Waals surface area (Å²) in [5, 5.41) is 6.90. The second-order valence-electron chi connectivity index (χ2n) is 6.33. The van der Waals surface area contributed by atoms with Crippen LogP contribution >= 0.6 is 11.6 Å². The van der Waals surface area contributed by atoms with Gasteiger partial charge in [-0.3, -0.25) is 9.89 Å². The largest absolute Gasteiger partial charge is 0.497 e. The van der Waals surface area contributed by atoms with Gasteiger partial charge < -0.3 is 10.1 Å². The molecule has 0 amide bonds. The van der Waals surface area contributed by atoms with Crippen LogP contribution in [0.15, 0.2) is 53.3 Å². The number of hydrogen-bond acceptors (Lipinski definition) is 5. The maximum absolute atomic E-state index is 12.5. The Labute approximate surface area is 166 Å². The van der Waals surface area contributed by atoms with Gasteiger partial charge in [-0.2, -0.15) is 9.50 Å². The molecule has 0 saturated carbocycles. The van der Waals surface area contributed by atoms with Crippen LogP contribution in [0.5, 0.6) is 5.75 Å². The van der Waals surface area contributed by atoms with Gasteiger partial charge in [0.2, 0.25) is 0 Å². The van der Waals surface area contributed by atoms with Gasteiger partial charge in [-0.1, -0.05) is 17.7 Å². The first-order chi connectivity index (χ1) is 13.5. The second kappa shape index (κ2) is 7.36. The first-order valence-electron chi connectivity index (χ1n) is 8.66. The second-order valence-corrected chi connectivity index (χ2v) is 6.77. The standard InChI is InChI=1S/C20H18ClN5O2/c1-12-3-6-14(21)9-17(12)22-11-15-10-18(27)26-20(23-15)24-19(25-26)13-4-7-16(28-2)8-5-13/h3-10,22H,11H2,1-2H3,(H,23,24,25). The molecular formula is C20H18ClN5O2. The molecule has 28 heavy (non-hydrogen) atoms. The molecule has 0 bridgehead atoms. The number of rotatable bonds is 5. The molecular weight excluding hydrogens is 378 g/mol. The van der Waals surface area contributed by atoms with Crippen LogP contribution in [0.4, 0.5) is 5.69 Å². The minimum atomic E-state index is -0.225. The van der Waals surface area contributed by atoms with Gasteiger partial charge in [0, 0.05) is 22.3 Å². The van der Waals surface area contributed by atoms with Crippen LogP contribution in [0.2, 0.25) is 5.02 Å². The monoisotopic (exact) mass is 395 g/mol. The van der Waals surface area contributed by atoms with Crippen molar-refractivity contribution in [1.82, 2.24) is 19.6 Å². The van der Waals surface area contributed by atoms with Gasteiger partial charge in [0.1, 0.15) is 5.75 Å². The number of anilines is 1. The number of ether oxygens (including phenoxy) is 1. The number of halogens is 1. The van der Waals surface area contributed by atoms with Crippen molar-refractivity contribution in [3.63, 3.8) is 0 Å². The van der Waals surface area contributed by atoms with Gasteiger partial charge in [-0.15, -0.1) is 0 Å². The molecule has 0 fully saturated rings. The summed E-state index contributed by atoms with van der Waals surface area (Å²) in [5.74, 6) is 1.63. The zero-order valence-corrected chi connectivity index (χ0v) is 16.1. The Balaban J connectivity index is 1.62. The fraction of sp³-hybridized carbons (Fsp3) is 0.150. The summed E-state index contributed by atoms with van der Waals surface area (Å²) < 4.78 is 6.49. The number of methoxy groups -OCH3 is 1. The molecule has 0 radical (unpaired) electrons. The lowest BCUT2D eigenvalue weighted by Crippen LogP contribution is -2.17. The highest BCUT2D eigenvalue weighted by Gasteiger charge is 2.10. The summed E-state index contributed by atoms with van der Waals surface area (Å²) >= 11 is 6.05. The lowest BCUT2D eigenvalue weighted by molar-refractivity contribution is 0.415. The van der Waals surface area contributed by atoms with Gasteiger partial charge in [0.05, 0.1) is 19.3 Å². The molecule has 0 aliphatic rings. The Hall–Kier alpha value is -3.32. The minimum absolute atomic E-state index is 0.225. The molecule has 2 N–H and O–H groups in total. The number of H-pyrrole nitrogens is 1. The highest BCUT2D eigenvalue weighted by molar-refractivity contribution is 6.30. The van der Waals surface area contributed by atoms with E-state index in [1.807, 2.05) is 49.4 Å². The van der Waals surface area contributed by atoms with Crippen molar-refractivity contribution in [2.75, 3.05) is 12.4 Å². The van der Waals surface area contributed by atoms with E-state index in [0.29, 0.717) is 28.9 Å². The molecule has 0 aliphatic heterocycles. The molecule has 8 heteroatoms. The van der Waals surface area contributed by atoms with Gasteiger partial charge in [0.15, 0.2) is 5.82 Å². The van der Waals surface area contributed by atoms with E-state index in [4.69, 9.17) is 16.3 Å². The van der Waals surface area contributed by atoms with Crippen LogP contribution in [-0.2, 0) is 6.54 Å². The molecule has 0 saturated heterocycles. The molecule has 4 rings (SSSR count). The average Bonchev–Trinajstić information content (AvgIpc) is 3.13. The third-order valence-electron chi connectivity index (χ3n) is 4.41. The number of aryl methyl sites for hydroxylation is 1. The van der Waals surface area contributed by atoms with Crippen molar-refractivity contribution in [2.24, 2.45) is 0 Å².